The lowest BCUT2D eigenvalue weighted by Gasteiger charge is -2.35. The number of hydrogen-bond donors (Lipinski definition) is 0. The fourth-order valence-corrected chi connectivity index (χ4v) is 4.42. The maximum atomic E-state index is 13.1. The van der Waals surface area contributed by atoms with E-state index in [1.54, 1.807) is 6.20 Å². The summed E-state index contributed by atoms with van der Waals surface area (Å²) in [5, 5.41) is 0.780. The zero-order valence-corrected chi connectivity index (χ0v) is 18.1. The van der Waals surface area contributed by atoms with Crippen LogP contribution < -0.4 is 10.4 Å². The minimum absolute atomic E-state index is 0.0291. The van der Waals surface area contributed by atoms with Gasteiger partial charge >= 0.3 is 5.63 Å². The molecule has 2 aromatic heterocycles. The number of rotatable bonds is 6. The van der Waals surface area contributed by atoms with Gasteiger partial charge in [0.2, 0.25) is 0 Å². The first kappa shape index (κ1) is 21.1. The summed E-state index contributed by atoms with van der Waals surface area (Å²) in [5.74, 6) is 0.545. The molecule has 31 heavy (non-hydrogen) atoms. The van der Waals surface area contributed by atoms with Crippen LogP contribution in [0.2, 0.25) is 0 Å². The van der Waals surface area contributed by atoms with Gasteiger partial charge in [0.25, 0.3) is 5.91 Å². The Morgan fingerprint density at radius 3 is 2.94 bits per heavy atom. The first-order chi connectivity index (χ1) is 15.1. The highest BCUT2D eigenvalue weighted by Crippen LogP contribution is 2.32. The second kappa shape index (κ2) is 9.33. The van der Waals surface area contributed by atoms with E-state index in [0.29, 0.717) is 17.9 Å². The van der Waals surface area contributed by atoms with Crippen molar-refractivity contribution in [3.63, 3.8) is 0 Å². The zero-order chi connectivity index (χ0) is 21.8. The molecule has 0 saturated carbocycles. The molecule has 1 amide bonds. The van der Waals surface area contributed by atoms with Crippen LogP contribution in [0, 0.1) is 6.92 Å². The summed E-state index contributed by atoms with van der Waals surface area (Å²) in [6.07, 6.45) is 8.22. The van der Waals surface area contributed by atoms with Gasteiger partial charge in [0, 0.05) is 25.0 Å². The van der Waals surface area contributed by atoms with Gasteiger partial charge < -0.3 is 14.1 Å². The van der Waals surface area contributed by atoms with Crippen molar-refractivity contribution in [1.29, 1.82) is 0 Å². The third-order valence-electron chi connectivity index (χ3n) is 5.80. The molecule has 3 aromatic rings. The van der Waals surface area contributed by atoms with E-state index in [4.69, 9.17) is 9.15 Å². The molecule has 4 rings (SSSR count). The van der Waals surface area contributed by atoms with Crippen LogP contribution in [0.4, 0.5) is 0 Å². The standard InChI is InChI=1S/C25H28N2O4/c1-3-7-18-14-24(29)31-22-13-17(2)12-21(25(18)22)30-16-23(28)27-11-5-4-9-20(27)19-8-6-10-26-15-19/h6,8,10,12-15,20H,3-5,7,9,11,16H2,1-2H3. The molecule has 3 heterocycles. The van der Waals surface area contributed by atoms with E-state index < -0.39 is 0 Å². The minimum atomic E-state index is -0.365. The highest BCUT2D eigenvalue weighted by atomic mass is 16.5. The van der Waals surface area contributed by atoms with Crippen LogP contribution in [-0.2, 0) is 11.2 Å². The van der Waals surface area contributed by atoms with E-state index in [-0.39, 0.29) is 24.2 Å². The van der Waals surface area contributed by atoms with E-state index in [1.807, 2.05) is 42.3 Å². The zero-order valence-electron chi connectivity index (χ0n) is 18.1. The van der Waals surface area contributed by atoms with Crippen molar-refractivity contribution in [2.45, 2.75) is 52.0 Å². The predicted octanol–water partition coefficient (Wildman–Crippen LogP) is 4.58. The van der Waals surface area contributed by atoms with Crippen molar-refractivity contribution in [2.24, 2.45) is 0 Å². The number of carbonyl (C=O) groups excluding carboxylic acids is 1. The highest BCUT2D eigenvalue weighted by molar-refractivity contribution is 5.88. The quantitative estimate of drug-likeness (QED) is 0.546. The first-order valence-corrected chi connectivity index (χ1v) is 11.0. The fourth-order valence-electron chi connectivity index (χ4n) is 4.42. The van der Waals surface area contributed by atoms with Crippen molar-refractivity contribution in [3.8, 4) is 5.75 Å². The number of likely N-dealkylation sites (tertiary alicyclic amines) is 1. The first-order valence-electron chi connectivity index (χ1n) is 11.0. The number of aryl methyl sites for hydroxylation is 2. The Morgan fingerprint density at radius 1 is 1.29 bits per heavy atom. The lowest BCUT2D eigenvalue weighted by molar-refractivity contribution is -0.137. The Labute approximate surface area is 181 Å². The molecule has 0 radical (unpaired) electrons. The average Bonchev–Trinajstić information content (AvgIpc) is 2.77. The Morgan fingerprint density at radius 2 is 2.16 bits per heavy atom. The predicted molar refractivity (Wildman–Crippen MR) is 119 cm³/mol. The van der Waals surface area contributed by atoms with E-state index in [2.05, 4.69) is 11.9 Å². The number of fused-ring (bicyclic) bond motifs is 1. The summed E-state index contributed by atoms with van der Waals surface area (Å²) in [6, 6.07) is 9.24. The van der Waals surface area contributed by atoms with Gasteiger partial charge in [-0.2, -0.15) is 0 Å². The summed E-state index contributed by atoms with van der Waals surface area (Å²) >= 11 is 0. The van der Waals surface area contributed by atoms with Crippen molar-refractivity contribution in [2.75, 3.05) is 13.2 Å². The summed E-state index contributed by atoms with van der Waals surface area (Å²) in [6.45, 7) is 4.64. The second-order valence-electron chi connectivity index (χ2n) is 8.15. The maximum Gasteiger partial charge on any atom is 0.336 e. The average molecular weight is 421 g/mol. The monoisotopic (exact) mass is 420 g/mol. The topological polar surface area (TPSA) is 72.6 Å². The van der Waals surface area contributed by atoms with Crippen LogP contribution >= 0.6 is 0 Å². The summed E-state index contributed by atoms with van der Waals surface area (Å²) < 4.78 is 11.5. The molecule has 0 bridgehead atoms. The molecule has 0 spiro atoms. The summed E-state index contributed by atoms with van der Waals surface area (Å²) in [4.78, 5) is 31.2. The molecule has 162 valence electrons. The molecular weight excluding hydrogens is 392 g/mol. The van der Waals surface area contributed by atoms with Crippen molar-refractivity contribution in [1.82, 2.24) is 9.88 Å². The van der Waals surface area contributed by atoms with Crippen LogP contribution in [0.3, 0.4) is 0 Å². The molecule has 1 unspecified atom stereocenters. The molecule has 0 N–H and O–H groups in total. The van der Waals surface area contributed by atoms with Crippen molar-refractivity contribution < 1.29 is 13.9 Å². The van der Waals surface area contributed by atoms with E-state index in [0.717, 1.165) is 54.2 Å². The number of nitrogens with zero attached hydrogens (tertiary/aromatic N) is 2. The van der Waals surface area contributed by atoms with Crippen LogP contribution in [0.5, 0.6) is 5.75 Å². The largest absolute Gasteiger partial charge is 0.483 e. The molecule has 1 aliphatic heterocycles. The molecule has 6 heteroatoms. The van der Waals surface area contributed by atoms with E-state index in [1.165, 1.54) is 6.07 Å². The molecule has 1 saturated heterocycles. The fraction of sp³-hybridized carbons (Fsp3) is 0.400. The Hall–Kier alpha value is -3.15. The number of carbonyl (C=O) groups is 1. The van der Waals surface area contributed by atoms with Gasteiger partial charge in [-0.1, -0.05) is 19.4 Å². The summed E-state index contributed by atoms with van der Waals surface area (Å²) in [5.41, 5.74) is 3.00. The van der Waals surface area contributed by atoms with Gasteiger partial charge in [-0.15, -0.1) is 0 Å². The number of benzene rings is 1. The van der Waals surface area contributed by atoms with E-state index >= 15 is 0 Å². The molecule has 1 aliphatic rings. The van der Waals surface area contributed by atoms with E-state index in [9.17, 15) is 9.59 Å². The lowest BCUT2D eigenvalue weighted by Crippen LogP contribution is -2.41. The van der Waals surface area contributed by atoms with Gasteiger partial charge in [0.05, 0.1) is 11.4 Å². The van der Waals surface area contributed by atoms with Crippen LogP contribution in [0.25, 0.3) is 11.0 Å². The number of ether oxygens (including phenoxy) is 1. The van der Waals surface area contributed by atoms with Crippen LogP contribution in [0.15, 0.2) is 51.9 Å². The Kier molecular flexibility index (Phi) is 6.35. The van der Waals surface area contributed by atoms with Crippen LogP contribution in [0.1, 0.15) is 55.3 Å². The number of pyridine rings is 1. The van der Waals surface area contributed by atoms with Gasteiger partial charge in [-0.3, -0.25) is 9.78 Å². The Bertz CT molecular complexity index is 1120. The van der Waals surface area contributed by atoms with Gasteiger partial charge in [-0.25, -0.2) is 4.79 Å². The Balaban J connectivity index is 1.59. The van der Waals surface area contributed by atoms with Crippen LogP contribution in [-0.4, -0.2) is 28.9 Å². The highest BCUT2D eigenvalue weighted by Gasteiger charge is 2.28. The minimum Gasteiger partial charge on any atom is -0.483 e. The van der Waals surface area contributed by atoms with Crippen molar-refractivity contribution >= 4 is 16.9 Å². The maximum absolute atomic E-state index is 13.1. The molecule has 1 fully saturated rings. The molecule has 0 aliphatic carbocycles. The molecular formula is C25H28N2O4. The number of hydrogen-bond acceptors (Lipinski definition) is 5. The normalized spacial score (nSPS) is 16.5. The smallest absolute Gasteiger partial charge is 0.336 e. The third-order valence-corrected chi connectivity index (χ3v) is 5.80. The summed E-state index contributed by atoms with van der Waals surface area (Å²) in [7, 11) is 0. The van der Waals surface area contributed by atoms with Gasteiger partial charge in [0.1, 0.15) is 11.3 Å². The number of piperidine rings is 1. The van der Waals surface area contributed by atoms with Crippen molar-refractivity contribution in [3.05, 3.63) is 69.8 Å². The number of amides is 1. The van der Waals surface area contributed by atoms with Gasteiger partial charge in [0.15, 0.2) is 6.61 Å². The number of aromatic nitrogens is 1. The lowest BCUT2D eigenvalue weighted by atomic mass is 9.96. The van der Waals surface area contributed by atoms with Gasteiger partial charge in [-0.05, 0) is 67.5 Å². The molecule has 1 aromatic carbocycles. The molecule has 6 nitrogen and oxygen atoms in total. The SMILES string of the molecule is CCCc1cc(=O)oc2cc(C)cc(OCC(=O)N3CCCCC3c3cccnc3)c12. The third kappa shape index (κ3) is 4.63. The second-order valence-corrected chi connectivity index (χ2v) is 8.15. The molecule has 1 atom stereocenters.